The molecule has 4 nitrogen and oxygen atoms in total. The van der Waals surface area contributed by atoms with Crippen molar-refractivity contribution in [1.29, 1.82) is 0 Å². The maximum Gasteiger partial charge on any atom is 0.220 e. The van der Waals surface area contributed by atoms with Crippen LogP contribution in [-0.4, -0.2) is 34.9 Å². The van der Waals surface area contributed by atoms with E-state index in [1.54, 1.807) is 6.08 Å². The van der Waals surface area contributed by atoms with Crippen molar-refractivity contribution in [3.05, 3.63) is 36.5 Å². The number of unbranched alkanes of at least 4 members (excludes halogenated alkanes) is 41. The van der Waals surface area contributed by atoms with Crippen LogP contribution < -0.4 is 5.32 Å². The molecular weight excluding hydrogens is 759 g/mol. The average molecular weight is 871 g/mol. The fourth-order valence-electron chi connectivity index (χ4n) is 8.80. The molecule has 0 aromatic carbocycles. The van der Waals surface area contributed by atoms with Crippen LogP contribution in [0.4, 0.5) is 0 Å². The van der Waals surface area contributed by atoms with E-state index in [4.69, 9.17) is 0 Å². The third-order valence-corrected chi connectivity index (χ3v) is 13.1. The predicted octanol–water partition coefficient (Wildman–Crippen LogP) is 18.5. The van der Waals surface area contributed by atoms with Crippen molar-refractivity contribution in [2.45, 2.75) is 321 Å². The number of aliphatic hydroxyl groups excluding tert-OH is 2. The Bertz CT molecular complexity index is 943. The SMILES string of the molecule is CCCCCCC/C=C\C/C=C\CCCCCCCCCCCCCC(=O)NC(CO)C(O)/C=C/CCCCCCCCCCCCCCCCCCCCCCCCCCC. The summed E-state index contributed by atoms with van der Waals surface area (Å²) >= 11 is 0. The first-order chi connectivity index (χ1) is 30.7. The first kappa shape index (κ1) is 60.6. The highest BCUT2D eigenvalue weighted by molar-refractivity contribution is 5.76. The number of aliphatic hydroxyl groups is 2. The summed E-state index contributed by atoms with van der Waals surface area (Å²) in [7, 11) is 0. The predicted molar refractivity (Wildman–Crippen MR) is 276 cm³/mol. The number of rotatable bonds is 52. The smallest absolute Gasteiger partial charge is 0.220 e. The molecular formula is C58H111NO3. The van der Waals surface area contributed by atoms with E-state index in [1.807, 2.05) is 6.08 Å². The molecule has 2 atom stereocenters. The molecule has 0 saturated carbocycles. The summed E-state index contributed by atoms with van der Waals surface area (Å²) in [4.78, 5) is 12.5. The molecule has 0 aliphatic heterocycles. The normalized spacial score (nSPS) is 13.0. The highest BCUT2D eigenvalue weighted by Crippen LogP contribution is 2.17. The lowest BCUT2D eigenvalue weighted by molar-refractivity contribution is -0.123. The first-order valence-corrected chi connectivity index (χ1v) is 28.2. The highest BCUT2D eigenvalue weighted by Gasteiger charge is 2.18. The Morgan fingerprint density at radius 2 is 0.661 bits per heavy atom. The monoisotopic (exact) mass is 870 g/mol. The van der Waals surface area contributed by atoms with Crippen LogP contribution in [0.3, 0.4) is 0 Å². The lowest BCUT2D eigenvalue weighted by Gasteiger charge is -2.20. The van der Waals surface area contributed by atoms with Gasteiger partial charge >= 0.3 is 0 Å². The van der Waals surface area contributed by atoms with Gasteiger partial charge in [0.1, 0.15) is 0 Å². The standard InChI is InChI=1S/C58H111NO3/c1-3-5-7-9-11-13-15-17-19-21-23-25-27-28-29-30-32-33-35-37-39-41-43-45-47-49-51-53-57(61)56(55-60)59-58(62)54-52-50-48-46-44-42-40-38-36-34-31-26-24-22-20-18-16-14-12-10-8-6-4-2/h16,18,22,24,51,53,56-57,60-61H,3-15,17,19-21,23,25-50,52,54-55H2,1-2H3,(H,59,62)/b18-16-,24-22-,53-51+. The number of nitrogens with one attached hydrogen (secondary N) is 1. The summed E-state index contributed by atoms with van der Waals surface area (Å²) in [5.41, 5.74) is 0. The molecule has 62 heavy (non-hydrogen) atoms. The maximum atomic E-state index is 12.5. The van der Waals surface area contributed by atoms with E-state index in [0.29, 0.717) is 6.42 Å². The minimum absolute atomic E-state index is 0.0625. The zero-order chi connectivity index (χ0) is 44.9. The molecule has 366 valence electrons. The number of allylic oxidation sites excluding steroid dienone is 5. The fourth-order valence-corrected chi connectivity index (χ4v) is 8.80. The van der Waals surface area contributed by atoms with Crippen LogP contribution in [0.5, 0.6) is 0 Å². The van der Waals surface area contributed by atoms with E-state index in [9.17, 15) is 15.0 Å². The molecule has 0 radical (unpaired) electrons. The fraction of sp³-hybridized carbons (Fsp3) is 0.879. The molecule has 0 aromatic rings. The summed E-state index contributed by atoms with van der Waals surface area (Å²) in [6.07, 6.45) is 73.0. The summed E-state index contributed by atoms with van der Waals surface area (Å²) in [5, 5.41) is 23.2. The molecule has 0 fully saturated rings. The summed E-state index contributed by atoms with van der Waals surface area (Å²) in [5.74, 6) is -0.0625. The van der Waals surface area contributed by atoms with Crippen LogP contribution in [-0.2, 0) is 4.79 Å². The van der Waals surface area contributed by atoms with Gasteiger partial charge in [0, 0.05) is 6.42 Å². The zero-order valence-corrected chi connectivity index (χ0v) is 42.2. The molecule has 0 aliphatic rings. The van der Waals surface area contributed by atoms with Gasteiger partial charge in [0.2, 0.25) is 5.91 Å². The van der Waals surface area contributed by atoms with Gasteiger partial charge in [-0.05, 0) is 51.4 Å². The van der Waals surface area contributed by atoms with Crippen molar-refractivity contribution in [2.75, 3.05) is 6.61 Å². The van der Waals surface area contributed by atoms with E-state index in [0.717, 1.165) is 32.1 Å². The van der Waals surface area contributed by atoms with Crippen molar-refractivity contribution in [2.24, 2.45) is 0 Å². The third kappa shape index (κ3) is 49.6. The van der Waals surface area contributed by atoms with Gasteiger partial charge in [0.25, 0.3) is 0 Å². The number of carbonyl (C=O) groups excluding carboxylic acids is 1. The van der Waals surface area contributed by atoms with Crippen LogP contribution in [0.1, 0.15) is 309 Å². The molecule has 2 unspecified atom stereocenters. The Kier molecular flexibility index (Phi) is 52.7. The van der Waals surface area contributed by atoms with E-state index in [1.165, 1.54) is 257 Å². The molecule has 1 amide bonds. The number of amides is 1. The third-order valence-electron chi connectivity index (χ3n) is 13.1. The van der Waals surface area contributed by atoms with Crippen LogP contribution >= 0.6 is 0 Å². The summed E-state index contributed by atoms with van der Waals surface area (Å²) < 4.78 is 0. The minimum atomic E-state index is -0.841. The van der Waals surface area contributed by atoms with Gasteiger partial charge in [0.15, 0.2) is 0 Å². The molecule has 0 heterocycles. The second kappa shape index (κ2) is 53.9. The van der Waals surface area contributed by atoms with E-state index in [-0.39, 0.29) is 12.5 Å². The largest absolute Gasteiger partial charge is 0.394 e. The molecule has 0 aliphatic carbocycles. The Hall–Kier alpha value is -1.39. The van der Waals surface area contributed by atoms with Crippen LogP contribution in [0.25, 0.3) is 0 Å². The molecule has 0 bridgehead atoms. The average Bonchev–Trinajstić information content (AvgIpc) is 3.28. The molecule has 0 aromatic heterocycles. The van der Waals surface area contributed by atoms with E-state index >= 15 is 0 Å². The lowest BCUT2D eigenvalue weighted by atomic mass is 10.0. The lowest BCUT2D eigenvalue weighted by Crippen LogP contribution is -2.45. The van der Waals surface area contributed by atoms with Gasteiger partial charge in [-0.2, -0.15) is 0 Å². The van der Waals surface area contributed by atoms with Gasteiger partial charge in [-0.3, -0.25) is 4.79 Å². The minimum Gasteiger partial charge on any atom is -0.394 e. The topological polar surface area (TPSA) is 69.6 Å². The second-order valence-electron chi connectivity index (χ2n) is 19.4. The first-order valence-electron chi connectivity index (χ1n) is 28.2. The molecule has 0 rings (SSSR count). The molecule has 3 N–H and O–H groups in total. The summed E-state index contributed by atoms with van der Waals surface area (Å²) in [6, 6.07) is -0.624. The van der Waals surface area contributed by atoms with Crippen molar-refractivity contribution >= 4 is 5.91 Å². The van der Waals surface area contributed by atoms with E-state index < -0.39 is 12.1 Å². The van der Waals surface area contributed by atoms with E-state index in [2.05, 4.69) is 43.5 Å². The van der Waals surface area contributed by atoms with Crippen LogP contribution in [0, 0.1) is 0 Å². The van der Waals surface area contributed by atoms with Crippen LogP contribution in [0.2, 0.25) is 0 Å². The van der Waals surface area contributed by atoms with Gasteiger partial charge < -0.3 is 15.5 Å². The van der Waals surface area contributed by atoms with Crippen molar-refractivity contribution < 1.29 is 15.0 Å². The van der Waals surface area contributed by atoms with Crippen LogP contribution in [0.15, 0.2) is 36.5 Å². The van der Waals surface area contributed by atoms with Gasteiger partial charge in [-0.25, -0.2) is 0 Å². The van der Waals surface area contributed by atoms with Crippen molar-refractivity contribution in [3.8, 4) is 0 Å². The Morgan fingerprint density at radius 1 is 0.387 bits per heavy atom. The second-order valence-corrected chi connectivity index (χ2v) is 19.4. The van der Waals surface area contributed by atoms with Crippen molar-refractivity contribution in [3.63, 3.8) is 0 Å². The zero-order valence-electron chi connectivity index (χ0n) is 42.2. The molecule has 0 saturated heterocycles. The number of hydrogen-bond donors (Lipinski definition) is 3. The number of hydrogen-bond acceptors (Lipinski definition) is 3. The Morgan fingerprint density at radius 3 is 0.968 bits per heavy atom. The van der Waals surface area contributed by atoms with Gasteiger partial charge in [-0.1, -0.05) is 288 Å². The van der Waals surface area contributed by atoms with Gasteiger partial charge in [-0.15, -0.1) is 0 Å². The molecule has 0 spiro atoms. The Balaban J connectivity index is 3.48. The Labute approximate surface area is 389 Å². The number of carbonyl (C=O) groups is 1. The highest BCUT2D eigenvalue weighted by atomic mass is 16.3. The summed E-state index contributed by atoms with van der Waals surface area (Å²) in [6.45, 7) is 4.33. The molecule has 4 heteroatoms. The quantitative estimate of drug-likeness (QED) is 0.0421. The van der Waals surface area contributed by atoms with Crippen molar-refractivity contribution in [1.82, 2.24) is 5.32 Å². The van der Waals surface area contributed by atoms with Gasteiger partial charge in [0.05, 0.1) is 18.8 Å². The maximum absolute atomic E-state index is 12.5.